The predicted molar refractivity (Wildman–Crippen MR) is 58.7 cm³/mol. The summed E-state index contributed by atoms with van der Waals surface area (Å²) in [4.78, 5) is 9.13. The fourth-order valence-electron chi connectivity index (χ4n) is 1.03. The second-order valence-corrected chi connectivity index (χ2v) is 3.99. The molecule has 2 heterocycles. The fraction of sp³-hybridized carbons (Fsp3) is 0.111. The maximum atomic E-state index is 5.88. The third-order valence-corrected chi connectivity index (χ3v) is 2.78. The monoisotopic (exact) mass is 225 g/mol. The molecule has 1 N–H and O–H groups in total. The smallest absolute Gasteiger partial charge is 0.152 e. The standard InChI is InChI=1S/C9H8ClN3S/c10-9-8(2-1-3-12-9)13-5-7-4-11-6-14-7/h1-4,6,13H,5H2. The summed E-state index contributed by atoms with van der Waals surface area (Å²) in [5, 5.41) is 3.69. The molecule has 0 saturated heterocycles. The average Bonchev–Trinajstić information content (AvgIpc) is 2.69. The molecule has 0 atom stereocenters. The van der Waals surface area contributed by atoms with E-state index in [0.29, 0.717) is 5.15 Å². The maximum Gasteiger partial charge on any atom is 0.152 e. The van der Waals surface area contributed by atoms with Crippen molar-refractivity contribution in [2.45, 2.75) is 6.54 Å². The van der Waals surface area contributed by atoms with Gasteiger partial charge in [0.25, 0.3) is 0 Å². The van der Waals surface area contributed by atoms with Gasteiger partial charge in [0, 0.05) is 17.3 Å². The third-order valence-electron chi connectivity index (χ3n) is 1.70. The molecular weight excluding hydrogens is 218 g/mol. The van der Waals surface area contributed by atoms with Crippen LogP contribution in [0.3, 0.4) is 0 Å². The number of halogens is 1. The Labute approximate surface area is 90.8 Å². The number of rotatable bonds is 3. The minimum Gasteiger partial charge on any atom is -0.378 e. The lowest BCUT2D eigenvalue weighted by atomic mass is 10.4. The van der Waals surface area contributed by atoms with Gasteiger partial charge in [0.2, 0.25) is 0 Å². The second kappa shape index (κ2) is 4.39. The largest absolute Gasteiger partial charge is 0.378 e. The highest BCUT2D eigenvalue weighted by atomic mass is 35.5. The van der Waals surface area contributed by atoms with E-state index in [1.165, 1.54) is 4.88 Å². The summed E-state index contributed by atoms with van der Waals surface area (Å²) in [7, 11) is 0. The molecule has 0 aromatic carbocycles. The summed E-state index contributed by atoms with van der Waals surface area (Å²) in [6, 6.07) is 3.75. The zero-order valence-electron chi connectivity index (χ0n) is 7.27. The number of nitrogens with zero attached hydrogens (tertiary/aromatic N) is 2. The number of hydrogen-bond donors (Lipinski definition) is 1. The topological polar surface area (TPSA) is 37.8 Å². The van der Waals surface area contributed by atoms with Crippen LogP contribution in [0.15, 0.2) is 30.0 Å². The Kier molecular flexibility index (Phi) is 2.96. The van der Waals surface area contributed by atoms with Crippen molar-refractivity contribution in [3.8, 4) is 0 Å². The second-order valence-electron chi connectivity index (χ2n) is 2.66. The molecule has 0 amide bonds. The van der Waals surface area contributed by atoms with Crippen molar-refractivity contribution in [3.63, 3.8) is 0 Å². The number of aromatic nitrogens is 2. The van der Waals surface area contributed by atoms with Gasteiger partial charge in [0.15, 0.2) is 5.15 Å². The van der Waals surface area contributed by atoms with Crippen molar-refractivity contribution in [1.29, 1.82) is 0 Å². The van der Waals surface area contributed by atoms with Crippen molar-refractivity contribution in [3.05, 3.63) is 40.1 Å². The first-order valence-corrected chi connectivity index (χ1v) is 5.34. The van der Waals surface area contributed by atoms with Gasteiger partial charge in [-0.3, -0.25) is 4.98 Å². The summed E-state index contributed by atoms with van der Waals surface area (Å²) >= 11 is 7.49. The molecular formula is C9H8ClN3S. The van der Waals surface area contributed by atoms with Crippen LogP contribution >= 0.6 is 22.9 Å². The minimum atomic E-state index is 0.497. The third kappa shape index (κ3) is 2.21. The van der Waals surface area contributed by atoms with E-state index in [1.807, 2.05) is 23.8 Å². The van der Waals surface area contributed by atoms with Crippen LogP contribution in [-0.4, -0.2) is 9.97 Å². The van der Waals surface area contributed by atoms with Gasteiger partial charge in [-0.1, -0.05) is 11.6 Å². The Balaban J connectivity index is 2.02. The zero-order chi connectivity index (χ0) is 9.80. The van der Waals surface area contributed by atoms with Crippen LogP contribution in [0.5, 0.6) is 0 Å². The van der Waals surface area contributed by atoms with Crippen LogP contribution < -0.4 is 5.32 Å². The molecule has 0 spiro atoms. The summed E-state index contributed by atoms with van der Waals surface area (Å²) < 4.78 is 0. The first-order chi connectivity index (χ1) is 6.86. The van der Waals surface area contributed by atoms with Gasteiger partial charge in [-0.2, -0.15) is 0 Å². The quantitative estimate of drug-likeness (QED) is 0.817. The molecule has 14 heavy (non-hydrogen) atoms. The van der Waals surface area contributed by atoms with Crippen molar-refractivity contribution < 1.29 is 0 Å². The molecule has 0 aliphatic heterocycles. The number of nitrogens with one attached hydrogen (secondary N) is 1. The molecule has 0 radical (unpaired) electrons. The van der Waals surface area contributed by atoms with Gasteiger partial charge >= 0.3 is 0 Å². The normalized spacial score (nSPS) is 10.1. The van der Waals surface area contributed by atoms with Crippen LogP contribution in [-0.2, 0) is 6.54 Å². The van der Waals surface area contributed by atoms with E-state index >= 15 is 0 Å². The summed E-state index contributed by atoms with van der Waals surface area (Å²) in [5.41, 5.74) is 2.66. The fourth-order valence-corrected chi connectivity index (χ4v) is 1.75. The molecule has 72 valence electrons. The molecule has 0 unspecified atom stereocenters. The van der Waals surface area contributed by atoms with Gasteiger partial charge in [-0.25, -0.2) is 4.98 Å². The van der Waals surface area contributed by atoms with Gasteiger partial charge in [0.05, 0.1) is 17.7 Å². The van der Waals surface area contributed by atoms with Gasteiger partial charge in [0.1, 0.15) is 0 Å². The Bertz CT molecular complexity index is 402. The van der Waals surface area contributed by atoms with E-state index in [9.17, 15) is 0 Å². The molecule has 0 aliphatic rings. The van der Waals surface area contributed by atoms with Crippen LogP contribution in [0.2, 0.25) is 5.15 Å². The molecule has 2 aromatic rings. The number of thiazole rings is 1. The lowest BCUT2D eigenvalue weighted by Crippen LogP contribution is -1.98. The highest BCUT2D eigenvalue weighted by Crippen LogP contribution is 2.18. The molecule has 0 aliphatic carbocycles. The Morgan fingerprint density at radius 1 is 1.50 bits per heavy atom. The zero-order valence-corrected chi connectivity index (χ0v) is 8.85. The molecule has 2 rings (SSSR count). The number of pyridine rings is 1. The van der Waals surface area contributed by atoms with E-state index in [0.717, 1.165) is 12.2 Å². The van der Waals surface area contributed by atoms with Crippen molar-refractivity contribution >= 4 is 28.6 Å². The molecule has 0 fully saturated rings. The van der Waals surface area contributed by atoms with Crippen LogP contribution in [0.25, 0.3) is 0 Å². The molecule has 0 bridgehead atoms. The summed E-state index contributed by atoms with van der Waals surface area (Å²) in [5.74, 6) is 0. The van der Waals surface area contributed by atoms with Crippen LogP contribution in [0.1, 0.15) is 4.88 Å². The first kappa shape index (κ1) is 9.43. The summed E-state index contributed by atoms with van der Waals surface area (Å²) in [6.07, 6.45) is 3.50. The molecule has 0 saturated carbocycles. The van der Waals surface area contributed by atoms with Gasteiger partial charge < -0.3 is 5.32 Å². The first-order valence-electron chi connectivity index (χ1n) is 4.08. The highest BCUT2D eigenvalue weighted by Gasteiger charge is 1.99. The van der Waals surface area contributed by atoms with Gasteiger partial charge in [-0.15, -0.1) is 11.3 Å². The molecule has 5 heteroatoms. The number of anilines is 1. The van der Waals surface area contributed by atoms with E-state index < -0.39 is 0 Å². The van der Waals surface area contributed by atoms with Crippen LogP contribution in [0, 0.1) is 0 Å². The lowest BCUT2D eigenvalue weighted by molar-refractivity contribution is 1.16. The SMILES string of the molecule is Clc1ncccc1NCc1cncs1. The molecule has 2 aromatic heterocycles. The van der Waals surface area contributed by atoms with Crippen molar-refractivity contribution in [1.82, 2.24) is 9.97 Å². The predicted octanol–water partition coefficient (Wildman–Crippen LogP) is 2.80. The van der Waals surface area contributed by atoms with Crippen molar-refractivity contribution in [2.24, 2.45) is 0 Å². The Morgan fingerprint density at radius 2 is 2.43 bits per heavy atom. The number of hydrogen-bond acceptors (Lipinski definition) is 4. The summed E-state index contributed by atoms with van der Waals surface area (Å²) in [6.45, 7) is 0.732. The van der Waals surface area contributed by atoms with Crippen molar-refractivity contribution in [2.75, 3.05) is 5.32 Å². The Morgan fingerprint density at radius 3 is 3.14 bits per heavy atom. The van der Waals surface area contributed by atoms with Crippen LogP contribution in [0.4, 0.5) is 5.69 Å². The highest BCUT2D eigenvalue weighted by molar-refractivity contribution is 7.09. The Hall–Kier alpha value is -1.13. The lowest BCUT2D eigenvalue weighted by Gasteiger charge is -2.04. The van der Waals surface area contributed by atoms with E-state index in [-0.39, 0.29) is 0 Å². The van der Waals surface area contributed by atoms with E-state index in [4.69, 9.17) is 11.6 Å². The van der Waals surface area contributed by atoms with E-state index in [1.54, 1.807) is 17.5 Å². The minimum absolute atomic E-state index is 0.497. The molecule has 3 nitrogen and oxygen atoms in total. The van der Waals surface area contributed by atoms with Gasteiger partial charge in [-0.05, 0) is 12.1 Å². The van der Waals surface area contributed by atoms with E-state index in [2.05, 4.69) is 15.3 Å². The average molecular weight is 226 g/mol. The maximum absolute atomic E-state index is 5.88.